The van der Waals surface area contributed by atoms with Gasteiger partial charge in [-0.15, -0.1) is 0 Å². The summed E-state index contributed by atoms with van der Waals surface area (Å²) in [5.74, 6) is 4.34. The monoisotopic (exact) mass is 314 g/mol. The molecule has 0 unspecified atom stereocenters. The second-order valence-electron chi connectivity index (χ2n) is 3.57. The van der Waals surface area contributed by atoms with Gasteiger partial charge in [0.2, 0.25) is 0 Å². The van der Waals surface area contributed by atoms with Crippen molar-refractivity contribution in [2.45, 2.75) is 6.92 Å². The maximum absolute atomic E-state index is 13.5. The zero-order chi connectivity index (χ0) is 13.3. The third-order valence-corrected chi connectivity index (χ3v) is 2.94. The highest BCUT2D eigenvalue weighted by atomic mass is 79.9. The Morgan fingerprint density at radius 1 is 1.28 bits per heavy atom. The molecule has 0 amide bonds. The van der Waals surface area contributed by atoms with E-state index >= 15 is 0 Å². The average Bonchev–Trinajstić information content (AvgIpc) is 2.36. The van der Waals surface area contributed by atoms with E-state index in [1.54, 1.807) is 0 Å². The van der Waals surface area contributed by atoms with Crippen LogP contribution in [0.5, 0.6) is 0 Å². The van der Waals surface area contributed by atoms with Crippen molar-refractivity contribution in [2.24, 2.45) is 5.84 Å². The summed E-state index contributed by atoms with van der Waals surface area (Å²) in [5, 5.41) is 0. The topological polar surface area (TPSA) is 63.8 Å². The second-order valence-corrected chi connectivity index (χ2v) is 4.42. The molecule has 7 heteroatoms. The number of hydrazine groups is 1. The van der Waals surface area contributed by atoms with Crippen molar-refractivity contribution in [1.29, 1.82) is 0 Å². The fraction of sp³-hybridized carbons (Fsp3) is 0.0909. The van der Waals surface area contributed by atoms with Gasteiger partial charge in [0.05, 0.1) is 10.2 Å². The summed E-state index contributed by atoms with van der Waals surface area (Å²) in [5.41, 5.74) is 2.88. The number of nitrogens with two attached hydrogens (primary N) is 1. The molecule has 0 saturated carbocycles. The van der Waals surface area contributed by atoms with E-state index < -0.39 is 11.6 Å². The summed E-state index contributed by atoms with van der Waals surface area (Å²) >= 11 is 3.07. The lowest BCUT2D eigenvalue weighted by Crippen LogP contribution is -2.13. The van der Waals surface area contributed by atoms with Crippen molar-refractivity contribution in [3.8, 4) is 11.4 Å². The molecular weight excluding hydrogens is 306 g/mol. The molecule has 1 aromatic heterocycles. The van der Waals surface area contributed by atoms with Crippen LogP contribution in [0.2, 0.25) is 0 Å². The van der Waals surface area contributed by atoms with E-state index in [0.717, 1.165) is 0 Å². The summed E-state index contributed by atoms with van der Waals surface area (Å²) in [6.07, 6.45) is 0. The molecule has 4 nitrogen and oxygen atoms in total. The van der Waals surface area contributed by atoms with Gasteiger partial charge in [0, 0.05) is 5.56 Å². The predicted octanol–water partition coefficient (Wildman–Crippen LogP) is 2.78. The largest absolute Gasteiger partial charge is 0.306 e. The van der Waals surface area contributed by atoms with Gasteiger partial charge in [-0.05, 0) is 41.1 Å². The lowest BCUT2D eigenvalue weighted by Gasteiger charge is -2.07. The highest BCUT2D eigenvalue weighted by Crippen LogP contribution is 2.25. The fourth-order valence-corrected chi connectivity index (χ4v) is 1.80. The zero-order valence-corrected chi connectivity index (χ0v) is 10.9. The fourth-order valence-electron chi connectivity index (χ4n) is 1.42. The maximum atomic E-state index is 13.5. The molecule has 1 aromatic carbocycles. The van der Waals surface area contributed by atoms with Crippen LogP contribution in [0.4, 0.5) is 14.6 Å². The first-order chi connectivity index (χ1) is 8.52. The average molecular weight is 315 g/mol. The van der Waals surface area contributed by atoms with Crippen LogP contribution in [0.1, 0.15) is 5.69 Å². The van der Waals surface area contributed by atoms with Crippen molar-refractivity contribution >= 4 is 21.7 Å². The van der Waals surface area contributed by atoms with Crippen LogP contribution in [0.15, 0.2) is 22.7 Å². The van der Waals surface area contributed by atoms with Gasteiger partial charge in [-0.25, -0.2) is 24.6 Å². The molecule has 0 aliphatic carbocycles. The Morgan fingerprint density at radius 3 is 2.61 bits per heavy atom. The minimum Gasteiger partial charge on any atom is -0.306 e. The summed E-state index contributed by atoms with van der Waals surface area (Å²) in [7, 11) is 0. The number of hydrogen-bond donors (Lipinski definition) is 2. The van der Waals surface area contributed by atoms with Crippen LogP contribution >= 0.6 is 15.9 Å². The molecule has 3 N–H and O–H groups in total. The highest BCUT2D eigenvalue weighted by molar-refractivity contribution is 9.10. The van der Waals surface area contributed by atoms with Gasteiger partial charge in [0.1, 0.15) is 5.82 Å². The van der Waals surface area contributed by atoms with Gasteiger partial charge in [-0.1, -0.05) is 0 Å². The number of halogens is 3. The van der Waals surface area contributed by atoms with Gasteiger partial charge in [-0.2, -0.15) is 0 Å². The Labute approximate surface area is 110 Å². The number of nitrogens with zero attached hydrogens (tertiary/aromatic N) is 2. The lowest BCUT2D eigenvalue weighted by molar-refractivity contribution is 0.606. The molecule has 94 valence electrons. The number of aromatic nitrogens is 2. The van der Waals surface area contributed by atoms with Crippen LogP contribution < -0.4 is 11.3 Å². The standard InChI is InChI=1S/C11H9BrF2N4/c1-5-9(14)11(18-15)17-10(16-5)6-2-3-8(13)7(12)4-6/h2-4H,15H2,1H3,(H,16,17,18). The smallest absolute Gasteiger partial charge is 0.187 e. The summed E-state index contributed by atoms with van der Waals surface area (Å²) < 4.78 is 26.9. The first kappa shape index (κ1) is 12.8. The lowest BCUT2D eigenvalue weighted by atomic mass is 10.2. The third kappa shape index (κ3) is 2.32. The molecule has 0 spiro atoms. The van der Waals surface area contributed by atoms with E-state index in [9.17, 15) is 8.78 Å². The van der Waals surface area contributed by atoms with E-state index in [0.29, 0.717) is 5.56 Å². The van der Waals surface area contributed by atoms with Crippen LogP contribution in [0, 0.1) is 18.6 Å². The van der Waals surface area contributed by atoms with Gasteiger partial charge < -0.3 is 5.43 Å². The molecule has 0 saturated heterocycles. The summed E-state index contributed by atoms with van der Waals surface area (Å²) in [6, 6.07) is 4.30. The van der Waals surface area contributed by atoms with Gasteiger partial charge in [0.25, 0.3) is 0 Å². The Balaban J connectivity index is 2.57. The Bertz CT molecular complexity index is 604. The van der Waals surface area contributed by atoms with Gasteiger partial charge in [0.15, 0.2) is 17.5 Å². The molecule has 2 aromatic rings. The van der Waals surface area contributed by atoms with E-state index in [2.05, 4.69) is 31.3 Å². The SMILES string of the molecule is Cc1nc(-c2ccc(F)c(Br)c2)nc(NN)c1F. The van der Waals surface area contributed by atoms with Crippen LogP contribution in [0.25, 0.3) is 11.4 Å². The van der Waals surface area contributed by atoms with Crippen molar-refractivity contribution in [3.05, 3.63) is 40.0 Å². The number of benzene rings is 1. The molecule has 18 heavy (non-hydrogen) atoms. The van der Waals surface area contributed by atoms with Gasteiger partial charge >= 0.3 is 0 Å². The quantitative estimate of drug-likeness (QED) is 0.661. The molecule has 2 rings (SSSR count). The van der Waals surface area contributed by atoms with Crippen molar-refractivity contribution in [1.82, 2.24) is 9.97 Å². The first-order valence-corrected chi connectivity index (χ1v) is 5.78. The molecule has 0 aliphatic rings. The van der Waals surface area contributed by atoms with Crippen molar-refractivity contribution < 1.29 is 8.78 Å². The number of nitrogens with one attached hydrogen (secondary N) is 1. The van der Waals surface area contributed by atoms with Crippen molar-refractivity contribution in [2.75, 3.05) is 5.43 Å². The number of hydrogen-bond acceptors (Lipinski definition) is 4. The Hall–Kier alpha value is -1.60. The minimum atomic E-state index is -0.609. The van der Waals surface area contributed by atoms with E-state index in [4.69, 9.17) is 5.84 Å². The predicted molar refractivity (Wildman–Crippen MR) is 67.6 cm³/mol. The highest BCUT2D eigenvalue weighted by Gasteiger charge is 2.12. The molecule has 0 atom stereocenters. The first-order valence-electron chi connectivity index (χ1n) is 4.99. The maximum Gasteiger partial charge on any atom is 0.187 e. The normalized spacial score (nSPS) is 10.5. The Morgan fingerprint density at radius 2 is 2.00 bits per heavy atom. The van der Waals surface area contributed by atoms with Crippen LogP contribution in [0.3, 0.4) is 0 Å². The molecule has 0 radical (unpaired) electrons. The number of rotatable bonds is 2. The molecule has 0 fully saturated rings. The van der Waals surface area contributed by atoms with Gasteiger partial charge in [-0.3, -0.25) is 0 Å². The van der Waals surface area contributed by atoms with Crippen LogP contribution in [-0.2, 0) is 0 Å². The number of nitrogen functional groups attached to an aromatic ring is 1. The summed E-state index contributed by atoms with van der Waals surface area (Å²) in [4.78, 5) is 7.92. The Kier molecular flexibility index (Phi) is 3.53. The minimum absolute atomic E-state index is 0.0991. The molecule has 0 bridgehead atoms. The molecule has 1 heterocycles. The number of anilines is 1. The number of aryl methyl sites for hydroxylation is 1. The van der Waals surface area contributed by atoms with E-state index in [-0.39, 0.29) is 21.8 Å². The molecular formula is C11H9BrF2N4. The molecule has 0 aliphatic heterocycles. The second kappa shape index (κ2) is 4.95. The zero-order valence-electron chi connectivity index (χ0n) is 9.34. The van der Waals surface area contributed by atoms with Crippen molar-refractivity contribution in [3.63, 3.8) is 0 Å². The van der Waals surface area contributed by atoms with Crippen LogP contribution in [-0.4, -0.2) is 9.97 Å². The summed E-state index contributed by atoms with van der Waals surface area (Å²) in [6.45, 7) is 1.50. The van der Waals surface area contributed by atoms with E-state index in [1.165, 1.54) is 25.1 Å². The third-order valence-electron chi connectivity index (χ3n) is 2.33. The van der Waals surface area contributed by atoms with E-state index in [1.807, 2.05) is 0 Å².